The highest BCUT2D eigenvalue weighted by Gasteiger charge is 2.18. The standard InChI is InChI=1S/C9H18N4O/c1-7(8(10)11)12-9(14)13-5-3-2-4-6-13/h7H,2-6H2,1H3,(H3,10,11)(H,12,14). The van der Waals surface area contributed by atoms with Crippen LogP contribution < -0.4 is 11.1 Å². The monoisotopic (exact) mass is 198 g/mol. The lowest BCUT2D eigenvalue weighted by Gasteiger charge is -2.28. The number of carbonyl (C=O) groups is 1. The van der Waals surface area contributed by atoms with Crippen molar-refractivity contribution in [3.05, 3.63) is 0 Å². The third-order valence-electron chi connectivity index (χ3n) is 2.45. The topological polar surface area (TPSA) is 82.2 Å². The maximum Gasteiger partial charge on any atom is 0.317 e. The largest absolute Gasteiger partial charge is 0.386 e. The van der Waals surface area contributed by atoms with Crippen LogP contribution in [0.5, 0.6) is 0 Å². The molecular formula is C9H18N4O. The molecule has 0 aromatic heterocycles. The molecule has 0 spiro atoms. The van der Waals surface area contributed by atoms with Gasteiger partial charge in [-0.25, -0.2) is 4.79 Å². The van der Waals surface area contributed by atoms with Gasteiger partial charge in [0.05, 0.1) is 6.04 Å². The molecule has 1 unspecified atom stereocenters. The zero-order valence-corrected chi connectivity index (χ0v) is 8.55. The molecule has 1 fully saturated rings. The molecule has 0 aromatic rings. The minimum atomic E-state index is -0.371. The lowest BCUT2D eigenvalue weighted by atomic mass is 10.1. The minimum Gasteiger partial charge on any atom is -0.386 e. The van der Waals surface area contributed by atoms with Gasteiger partial charge in [0.25, 0.3) is 0 Å². The summed E-state index contributed by atoms with van der Waals surface area (Å²) in [5, 5.41) is 9.84. The zero-order valence-electron chi connectivity index (χ0n) is 8.55. The Labute approximate surface area is 84.1 Å². The third kappa shape index (κ3) is 2.90. The number of amides is 2. The summed E-state index contributed by atoms with van der Waals surface area (Å²) >= 11 is 0. The highest BCUT2D eigenvalue weighted by atomic mass is 16.2. The van der Waals surface area contributed by atoms with Crippen molar-refractivity contribution >= 4 is 11.9 Å². The van der Waals surface area contributed by atoms with Crippen LogP contribution in [0.3, 0.4) is 0 Å². The van der Waals surface area contributed by atoms with Crippen molar-refractivity contribution < 1.29 is 4.79 Å². The van der Waals surface area contributed by atoms with Crippen molar-refractivity contribution in [3.8, 4) is 0 Å². The van der Waals surface area contributed by atoms with E-state index < -0.39 is 0 Å². The number of rotatable bonds is 2. The first kappa shape index (κ1) is 10.8. The van der Waals surface area contributed by atoms with Crippen LogP contribution in [0.1, 0.15) is 26.2 Å². The van der Waals surface area contributed by atoms with Crippen molar-refractivity contribution in [1.29, 1.82) is 5.41 Å². The molecule has 80 valence electrons. The molecule has 0 saturated carbocycles. The Hall–Kier alpha value is -1.26. The van der Waals surface area contributed by atoms with Crippen LogP contribution in [0, 0.1) is 5.41 Å². The Morgan fingerprint density at radius 2 is 2.00 bits per heavy atom. The van der Waals surface area contributed by atoms with Crippen molar-refractivity contribution in [3.63, 3.8) is 0 Å². The number of carbonyl (C=O) groups excluding carboxylic acids is 1. The lowest BCUT2D eigenvalue weighted by molar-refractivity contribution is 0.185. The van der Waals surface area contributed by atoms with Crippen LogP contribution in [-0.2, 0) is 0 Å². The van der Waals surface area contributed by atoms with E-state index in [-0.39, 0.29) is 17.9 Å². The summed E-state index contributed by atoms with van der Waals surface area (Å²) in [7, 11) is 0. The molecule has 1 rings (SSSR count). The predicted octanol–water partition coefficient (Wildman–Crippen LogP) is 0.506. The van der Waals surface area contributed by atoms with Gasteiger partial charge in [0, 0.05) is 13.1 Å². The fourth-order valence-electron chi connectivity index (χ4n) is 1.45. The average molecular weight is 198 g/mol. The van der Waals surface area contributed by atoms with E-state index in [2.05, 4.69) is 5.32 Å². The number of nitrogens with one attached hydrogen (secondary N) is 2. The average Bonchev–Trinajstić information content (AvgIpc) is 2.19. The molecule has 1 saturated heterocycles. The summed E-state index contributed by atoms with van der Waals surface area (Å²) in [5.74, 6) is -0.00430. The molecule has 1 heterocycles. The maximum absolute atomic E-state index is 11.6. The van der Waals surface area contributed by atoms with Gasteiger partial charge in [-0.05, 0) is 26.2 Å². The van der Waals surface area contributed by atoms with Gasteiger partial charge in [-0.3, -0.25) is 5.41 Å². The van der Waals surface area contributed by atoms with E-state index in [9.17, 15) is 4.79 Å². The van der Waals surface area contributed by atoms with Crippen LogP contribution >= 0.6 is 0 Å². The van der Waals surface area contributed by atoms with Gasteiger partial charge in [0.15, 0.2) is 0 Å². The number of nitrogens with two attached hydrogens (primary N) is 1. The molecule has 0 bridgehead atoms. The van der Waals surface area contributed by atoms with E-state index in [1.54, 1.807) is 11.8 Å². The Morgan fingerprint density at radius 1 is 1.43 bits per heavy atom. The summed E-state index contributed by atoms with van der Waals surface area (Å²) in [5.41, 5.74) is 5.26. The smallest absolute Gasteiger partial charge is 0.317 e. The third-order valence-corrected chi connectivity index (χ3v) is 2.45. The molecule has 0 aliphatic carbocycles. The van der Waals surface area contributed by atoms with Crippen LogP contribution in [-0.4, -0.2) is 35.9 Å². The molecule has 1 atom stereocenters. The number of piperidine rings is 1. The van der Waals surface area contributed by atoms with E-state index in [0.717, 1.165) is 25.9 Å². The van der Waals surface area contributed by atoms with E-state index in [1.807, 2.05) is 0 Å². The van der Waals surface area contributed by atoms with Gasteiger partial charge >= 0.3 is 6.03 Å². The Balaban J connectivity index is 2.36. The van der Waals surface area contributed by atoms with Crippen LogP contribution in [0.25, 0.3) is 0 Å². The highest BCUT2D eigenvalue weighted by molar-refractivity contribution is 5.87. The van der Waals surface area contributed by atoms with E-state index in [4.69, 9.17) is 11.1 Å². The Kier molecular flexibility index (Phi) is 3.73. The van der Waals surface area contributed by atoms with Gasteiger partial charge < -0.3 is 16.0 Å². The summed E-state index contributed by atoms with van der Waals surface area (Å²) in [6, 6.07) is -0.475. The molecule has 5 heteroatoms. The van der Waals surface area contributed by atoms with Crippen LogP contribution in [0.4, 0.5) is 4.79 Å². The van der Waals surface area contributed by atoms with Gasteiger partial charge in [-0.15, -0.1) is 0 Å². The normalized spacial score (nSPS) is 18.8. The Morgan fingerprint density at radius 3 is 2.50 bits per heavy atom. The van der Waals surface area contributed by atoms with E-state index in [0.29, 0.717) is 0 Å². The fourth-order valence-corrected chi connectivity index (χ4v) is 1.45. The Bertz CT molecular complexity index is 223. The lowest BCUT2D eigenvalue weighted by Crippen LogP contribution is -2.49. The summed E-state index contributed by atoms with van der Waals surface area (Å²) < 4.78 is 0. The van der Waals surface area contributed by atoms with Gasteiger partial charge in [0.2, 0.25) is 0 Å². The first-order valence-electron chi connectivity index (χ1n) is 5.00. The molecule has 0 aromatic carbocycles. The van der Waals surface area contributed by atoms with Gasteiger partial charge in [0.1, 0.15) is 5.84 Å². The summed E-state index contributed by atoms with van der Waals surface area (Å²) in [4.78, 5) is 13.4. The highest BCUT2D eigenvalue weighted by Crippen LogP contribution is 2.08. The number of likely N-dealkylation sites (tertiary alicyclic amines) is 1. The van der Waals surface area contributed by atoms with E-state index in [1.165, 1.54) is 6.42 Å². The first-order valence-corrected chi connectivity index (χ1v) is 5.00. The molecule has 14 heavy (non-hydrogen) atoms. The predicted molar refractivity (Wildman–Crippen MR) is 55.3 cm³/mol. The quantitative estimate of drug-likeness (QED) is 0.446. The van der Waals surface area contributed by atoms with Crippen molar-refractivity contribution in [1.82, 2.24) is 10.2 Å². The van der Waals surface area contributed by atoms with Gasteiger partial charge in [-0.2, -0.15) is 0 Å². The second-order valence-corrected chi connectivity index (χ2v) is 3.67. The SMILES string of the molecule is CC(NC(=O)N1CCCCC1)C(=N)N. The molecule has 5 nitrogen and oxygen atoms in total. The zero-order chi connectivity index (χ0) is 10.6. The fraction of sp³-hybridized carbons (Fsp3) is 0.778. The maximum atomic E-state index is 11.6. The molecule has 0 radical (unpaired) electrons. The van der Waals surface area contributed by atoms with E-state index >= 15 is 0 Å². The van der Waals surface area contributed by atoms with Gasteiger partial charge in [-0.1, -0.05) is 0 Å². The number of amidine groups is 1. The minimum absolute atomic E-state index is 0.00430. The molecular weight excluding hydrogens is 180 g/mol. The van der Waals surface area contributed by atoms with Crippen molar-refractivity contribution in [2.75, 3.05) is 13.1 Å². The molecule has 1 aliphatic rings. The number of hydrogen-bond donors (Lipinski definition) is 3. The van der Waals surface area contributed by atoms with Crippen LogP contribution in [0.15, 0.2) is 0 Å². The van der Waals surface area contributed by atoms with Crippen molar-refractivity contribution in [2.45, 2.75) is 32.2 Å². The first-order chi connectivity index (χ1) is 6.61. The summed E-state index contributed by atoms with van der Waals surface area (Å²) in [6.07, 6.45) is 3.34. The molecule has 1 aliphatic heterocycles. The molecule has 2 amide bonds. The second kappa shape index (κ2) is 4.83. The molecule has 4 N–H and O–H groups in total. The number of urea groups is 1. The van der Waals surface area contributed by atoms with Crippen molar-refractivity contribution in [2.24, 2.45) is 5.73 Å². The number of nitrogens with zero attached hydrogens (tertiary/aromatic N) is 1. The summed E-state index contributed by atoms with van der Waals surface area (Å²) in [6.45, 7) is 3.34. The number of hydrogen-bond acceptors (Lipinski definition) is 2. The van der Waals surface area contributed by atoms with Crippen LogP contribution in [0.2, 0.25) is 0 Å². The second-order valence-electron chi connectivity index (χ2n) is 3.67.